The van der Waals surface area contributed by atoms with Crippen molar-refractivity contribution in [2.24, 2.45) is 0 Å². The zero-order chi connectivity index (χ0) is 24.9. The number of hydrogen-bond acceptors (Lipinski definition) is 6. The predicted octanol–water partition coefficient (Wildman–Crippen LogP) is 5.19. The van der Waals surface area contributed by atoms with E-state index in [1.807, 2.05) is 32.0 Å². The molecule has 1 unspecified atom stereocenters. The number of rotatable bonds is 8. The van der Waals surface area contributed by atoms with Crippen LogP contribution in [0.15, 0.2) is 76.8 Å². The van der Waals surface area contributed by atoms with Crippen molar-refractivity contribution in [2.45, 2.75) is 44.0 Å². The molecule has 4 aromatic rings. The summed E-state index contributed by atoms with van der Waals surface area (Å²) in [6.07, 6.45) is 2.86. The van der Waals surface area contributed by atoms with Crippen molar-refractivity contribution >= 4 is 40.0 Å². The summed E-state index contributed by atoms with van der Waals surface area (Å²) < 4.78 is 1.47. The highest BCUT2D eigenvalue weighted by molar-refractivity contribution is 8.00. The fourth-order valence-corrected chi connectivity index (χ4v) is 4.64. The van der Waals surface area contributed by atoms with Crippen LogP contribution in [-0.2, 0) is 4.79 Å². The first-order chi connectivity index (χ1) is 16.9. The van der Waals surface area contributed by atoms with Crippen LogP contribution in [0, 0.1) is 6.92 Å². The van der Waals surface area contributed by atoms with Gasteiger partial charge in [-0.05, 0) is 74.4 Å². The third kappa shape index (κ3) is 5.49. The third-order valence-electron chi connectivity index (χ3n) is 5.46. The number of anilines is 1. The standard InChI is InChI=1S/C27H26N4O3S/c1-4-7-24(32)29-20-12-10-19(11-13-20)25(33)18(3)35-27-30-22-9-6-5-8-21(22)26(34)31(27)23-16-17(2)14-15-28-23/h5-6,8-16,18H,4,7H2,1-3H3,(H,29,32). The minimum Gasteiger partial charge on any atom is -0.326 e. The number of carbonyl (C=O) groups excluding carboxylic acids is 2. The molecule has 8 heteroatoms. The lowest BCUT2D eigenvalue weighted by atomic mass is 10.1. The largest absolute Gasteiger partial charge is 0.326 e. The average molecular weight is 487 g/mol. The number of benzene rings is 2. The van der Waals surface area contributed by atoms with E-state index in [1.54, 1.807) is 55.6 Å². The monoisotopic (exact) mass is 486 g/mol. The number of ketones is 1. The molecule has 0 saturated heterocycles. The van der Waals surface area contributed by atoms with E-state index in [9.17, 15) is 14.4 Å². The Morgan fingerprint density at radius 2 is 1.83 bits per heavy atom. The van der Waals surface area contributed by atoms with Crippen LogP contribution >= 0.6 is 11.8 Å². The number of aromatic nitrogens is 3. The van der Waals surface area contributed by atoms with E-state index in [0.29, 0.717) is 39.5 Å². The van der Waals surface area contributed by atoms with Crippen molar-refractivity contribution in [3.8, 4) is 5.82 Å². The maximum Gasteiger partial charge on any atom is 0.267 e. The Morgan fingerprint density at radius 1 is 1.09 bits per heavy atom. The highest BCUT2D eigenvalue weighted by Crippen LogP contribution is 2.27. The molecule has 1 atom stereocenters. The molecular formula is C27H26N4O3S. The van der Waals surface area contributed by atoms with Gasteiger partial charge in [0, 0.05) is 23.9 Å². The maximum absolute atomic E-state index is 13.4. The highest BCUT2D eigenvalue weighted by Gasteiger charge is 2.22. The normalized spacial score (nSPS) is 11.9. The number of pyridine rings is 1. The molecule has 2 aromatic heterocycles. The lowest BCUT2D eigenvalue weighted by Crippen LogP contribution is -2.24. The molecule has 1 amide bonds. The van der Waals surface area contributed by atoms with Crippen LogP contribution in [-0.4, -0.2) is 31.5 Å². The molecule has 0 fully saturated rings. The van der Waals surface area contributed by atoms with Gasteiger partial charge in [0.05, 0.1) is 16.2 Å². The molecule has 7 nitrogen and oxygen atoms in total. The van der Waals surface area contributed by atoms with E-state index in [1.165, 1.54) is 16.3 Å². The van der Waals surface area contributed by atoms with Crippen LogP contribution in [0.2, 0.25) is 0 Å². The van der Waals surface area contributed by atoms with Gasteiger partial charge in [0.2, 0.25) is 5.91 Å². The van der Waals surface area contributed by atoms with E-state index in [0.717, 1.165) is 12.0 Å². The maximum atomic E-state index is 13.4. The number of fused-ring (bicyclic) bond motifs is 1. The van der Waals surface area contributed by atoms with Crippen LogP contribution in [0.5, 0.6) is 0 Å². The highest BCUT2D eigenvalue weighted by atomic mass is 32.2. The van der Waals surface area contributed by atoms with Gasteiger partial charge in [-0.15, -0.1) is 0 Å². The number of Topliss-reactive ketones (excluding diaryl/α,β-unsaturated/α-hetero) is 1. The molecule has 0 aliphatic heterocycles. The smallest absolute Gasteiger partial charge is 0.267 e. The molecule has 1 N–H and O–H groups in total. The van der Waals surface area contributed by atoms with Crippen molar-refractivity contribution in [2.75, 3.05) is 5.32 Å². The fourth-order valence-electron chi connectivity index (χ4n) is 3.65. The van der Waals surface area contributed by atoms with E-state index in [-0.39, 0.29) is 17.2 Å². The average Bonchev–Trinajstić information content (AvgIpc) is 2.84. The Labute approximate surface area is 207 Å². The van der Waals surface area contributed by atoms with Crippen LogP contribution in [0.4, 0.5) is 5.69 Å². The molecule has 178 valence electrons. The summed E-state index contributed by atoms with van der Waals surface area (Å²) in [7, 11) is 0. The number of amides is 1. The summed E-state index contributed by atoms with van der Waals surface area (Å²) in [5, 5.41) is 3.19. The Balaban J connectivity index is 1.65. The Kier molecular flexibility index (Phi) is 7.41. The number of para-hydroxylation sites is 1. The molecule has 0 saturated carbocycles. The van der Waals surface area contributed by atoms with E-state index in [2.05, 4.69) is 10.3 Å². The molecule has 35 heavy (non-hydrogen) atoms. The van der Waals surface area contributed by atoms with Gasteiger partial charge in [-0.25, -0.2) is 14.5 Å². The zero-order valence-corrected chi connectivity index (χ0v) is 20.6. The molecule has 2 aromatic carbocycles. The van der Waals surface area contributed by atoms with Crippen LogP contribution < -0.4 is 10.9 Å². The Bertz CT molecular complexity index is 1450. The van der Waals surface area contributed by atoms with Gasteiger partial charge < -0.3 is 5.32 Å². The SMILES string of the molecule is CCCC(=O)Nc1ccc(C(=O)C(C)Sc2nc3ccccc3c(=O)n2-c2cc(C)ccn2)cc1. The Hall–Kier alpha value is -3.78. The second-order valence-electron chi connectivity index (χ2n) is 8.24. The van der Waals surface area contributed by atoms with Crippen LogP contribution in [0.25, 0.3) is 16.7 Å². The summed E-state index contributed by atoms with van der Waals surface area (Å²) in [4.78, 5) is 47.5. The molecule has 2 heterocycles. The van der Waals surface area contributed by atoms with Gasteiger partial charge in [0.15, 0.2) is 10.9 Å². The topological polar surface area (TPSA) is 94.0 Å². The summed E-state index contributed by atoms with van der Waals surface area (Å²) in [6, 6.07) is 17.7. The lowest BCUT2D eigenvalue weighted by molar-refractivity contribution is -0.116. The van der Waals surface area contributed by atoms with Crippen molar-refractivity contribution in [1.82, 2.24) is 14.5 Å². The van der Waals surface area contributed by atoms with Crippen molar-refractivity contribution in [1.29, 1.82) is 0 Å². The fraction of sp³-hybridized carbons (Fsp3) is 0.222. The quantitative estimate of drug-likeness (QED) is 0.209. The van der Waals surface area contributed by atoms with Gasteiger partial charge in [-0.3, -0.25) is 14.4 Å². The number of hydrogen-bond donors (Lipinski definition) is 1. The molecule has 0 radical (unpaired) electrons. The number of nitrogens with one attached hydrogen (secondary N) is 1. The molecule has 4 rings (SSSR count). The second-order valence-corrected chi connectivity index (χ2v) is 9.55. The van der Waals surface area contributed by atoms with Gasteiger partial charge in [0.1, 0.15) is 5.82 Å². The summed E-state index contributed by atoms with van der Waals surface area (Å²) >= 11 is 1.22. The van der Waals surface area contributed by atoms with Gasteiger partial charge in [-0.1, -0.05) is 30.8 Å². The number of carbonyl (C=O) groups is 2. The minimum atomic E-state index is -0.514. The molecule has 0 aliphatic carbocycles. The van der Waals surface area contributed by atoms with E-state index < -0.39 is 5.25 Å². The molecule has 0 spiro atoms. The molecular weight excluding hydrogens is 460 g/mol. The first kappa shape index (κ1) is 24.3. The zero-order valence-electron chi connectivity index (χ0n) is 19.8. The first-order valence-corrected chi connectivity index (χ1v) is 12.3. The van der Waals surface area contributed by atoms with Crippen molar-refractivity contribution in [3.05, 3.63) is 88.3 Å². The van der Waals surface area contributed by atoms with E-state index in [4.69, 9.17) is 4.98 Å². The van der Waals surface area contributed by atoms with Gasteiger partial charge in [-0.2, -0.15) is 0 Å². The summed E-state index contributed by atoms with van der Waals surface area (Å²) in [5.74, 6) is 0.302. The van der Waals surface area contributed by atoms with Gasteiger partial charge >= 0.3 is 0 Å². The first-order valence-electron chi connectivity index (χ1n) is 11.4. The lowest BCUT2D eigenvalue weighted by Gasteiger charge is -2.16. The number of aryl methyl sites for hydroxylation is 1. The van der Waals surface area contributed by atoms with Crippen LogP contribution in [0.1, 0.15) is 42.6 Å². The van der Waals surface area contributed by atoms with E-state index >= 15 is 0 Å². The van der Waals surface area contributed by atoms with Crippen molar-refractivity contribution in [3.63, 3.8) is 0 Å². The van der Waals surface area contributed by atoms with Crippen molar-refractivity contribution < 1.29 is 9.59 Å². The van der Waals surface area contributed by atoms with Crippen LogP contribution in [0.3, 0.4) is 0 Å². The summed E-state index contributed by atoms with van der Waals surface area (Å²) in [6.45, 7) is 5.66. The number of nitrogens with zero attached hydrogens (tertiary/aromatic N) is 3. The minimum absolute atomic E-state index is 0.0550. The predicted molar refractivity (Wildman–Crippen MR) is 140 cm³/mol. The molecule has 0 bridgehead atoms. The Morgan fingerprint density at radius 3 is 2.54 bits per heavy atom. The third-order valence-corrected chi connectivity index (χ3v) is 6.51. The number of thioether (sulfide) groups is 1. The second kappa shape index (κ2) is 10.7. The summed E-state index contributed by atoms with van der Waals surface area (Å²) in [5.41, 5.74) is 2.46. The molecule has 0 aliphatic rings. The van der Waals surface area contributed by atoms with Gasteiger partial charge in [0.25, 0.3) is 5.56 Å².